The Morgan fingerprint density at radius 3 is 2.61 bits per heavy atom. The van der Waals surface area contributed by atoms with Crippen molar-refractivity contribution < 1.29 is 9.53 Å². The number of pyridine rings is 1. The Labute approximate surface area is 199 Å². The first-order chi connectivity index (χ1) is 15.8. The van der Waals surface area contributed by atoms with E-state index in [9.17, 15) is 4.79 Å². The van der Waals surface area contributed by atoms with Crippen LogP contribution in [0.1, 0.15) is 34.9 Å². The number of aromatic nitrogens is 3. The third-order valence-corrected chi connectivity index (χ3v) is 7.09. The van der Waals surface area contributed by atoms with E-state index in [0.29, 0.717) is 48.3 Å². The number of hydrogen-bond acceptors (Lipinski definition) is 8. The molecule has 0 radical (unpaired) electrons. The smallest absolute Gasteiger partial charge is 0.268 e. The molecule has 2 aliphatic rings. The van der Waals surface area contributed by atoms with E-state index >= 15 is 0 Å². The van der Waals surface area contributed by atoms with Crippen molar-refractivity contribution in [1.82, 2.24) is 15.0 Å². The average Bonchev–Trinajstić information content (AvgIpc) is 3.07. The second-order valence-electron chi connectivity index (χ2n) is 8.13. The van der Waals surface area contributed by atoms with Gasteiger partial charge in [0.15, 0.2) is 0 Å². The van der Waals surface area contributed by atoms with Gasteiger partial charge in [0.1, 0.15) is 17.1 Å². The SMILES string of the molecule is NC(=O)c1nc(N2CCC3(CC2)Oc2ncccc2C3N)nc(N)c1-c1cccc(Cl)c1Cl. The number of hydrogen-bond donors (Lipinski definition) is 3. The van der Waals surface area contributed by atoms with Crippen molar-refractivity contribution in [3.05, 3.63) is 57.8 Å². The van der Waals surface area contributed by atoms with Crippen LogP contribution in [0, 0.1) is 0 Å². The lowest BCUT2D eigenvalue weighted by Gasteiger charge is -2.40. The summed E-state index contributed by atoms with van der Waals surface area (Å²) in [5, 5.41) is 0.558. The molecule has 4 heterocycles. The van der Waals surface area contributed by atoms with E-state index in [1.54, 1.807) is 24.4 Å². The summed E-state index contributed by atoms with van der Waals surface area (Å²) in [4.78, 5) is 27.4. The molecule has 1 unspecified atom stereocenters. The van der Waals surface area contributed by atoms with Crippen molar-refractivity contribution >= 4 is 40.9 Å². The highest BCUT2D eigenvalue weighted by molar-refractivity contribution is 6.44. The molecule has 2 aliphatic heterocycles. The number of nitrogens with zero attached hydrogens (tertiary/aromatic N) is 4. The first-order valence-electron chi connectivity index (χ1n) is 10.4. The zero-order valence-corrected chi connectivity index (χ0v) is 19.0. The lowest BCUT2D eigenvalue weighted by molar-refractivity contribution is 0.0396. The summed E-state index contributed by atoms with van der Waals surface area (Å²) < 4.78 is 6.19. The number of carbonyl (C=O) groups is 1. The van der Waals surface area contributed by atoms with Gasteiger partial charge < -0.3 is 26.8 Å². The molecule has 5 rings (SSSR count). The van der Waals surface area contributed by atoms with E-state index in [0.717, 1.165) is 5.56 Å². The van der Waals surface area contributed by atoms with Crippen molar-refractivity contribution in [3.63, 3.8) is 0 Å². The molecule has 0 bridgehead atoms. The number of benzene rings is 1. The highest BCUT2D eigenvalue weighted by Gasteiger charge is 2.49. The van der Waals surface area contributed by atoms with E-state index in [2.05, 4.69) is 15.0 Å². The summed E-state index contributed by atoms with van der Waals surface area (Å²) >= 11 is 12.5. The summed E-state index contributed by atoms with van der Waals surface area (Å²) in [6.07, 6.45) is 2.94. The van der Waals surface area contributed by atoms with Gasteiger partial charge >= 0.3 is 0 Å². The number of primary amides is 1. The van der Waals surface area contributed by atoms with E-state index in [4.69, 9.17) is 45.1 Å². The van der Waals surface area contributed by atoms with Crippen LogP contribution in [0.3, 0.4) is 0 Å². The van der Waals surface area contributed by atoms with Gasteiger partial charge in [-0.25, -0.2) is 9.97 Å². The summed E-state index contributed by atoms with van der Waals surface area (Å²) in [5.41, 5.74) is 19.5. The molecule has 1 fully saturated rings. The highest BCUT2D eigenvalue weighted by Crippen LogP contribution is 2.46. The molecule has 1 spiro atoms. The highest BCUT2D eigenvalue weighted by atomic mass is 35.5. The Balaban J connectivity index is 1.45. The van der Waals surface area contributed by atoms with E-state index in [1.165, 1.54) is 0 Å². The van der Waals surface area contributed by atoms with Crippen molar-refractivity contribution in [2.24, 2.45) is 11.5 Å². The third kappa shape index (κ3) is 3.52. The fraction of sp³-hybridized carbons (Fsp3) is 0.273. The third-order valence-electron chi connectivity index (χ3n) is 6.27. The molecule has 3 aromatic rings. The van der Waals surface area contributed by atoms with Gasteiger partial charge in [0.25, 0.3) is 5.91 Å². The summed E-state index contributed by atoms with van der Waals surface area (Å²) in [6.45, 7) is 1.10. The van der Waals surface area contributed by atoms with Crippen LogP contribution in [0.15, 0.2) is 36.5 Å². The Kier molecular flexibility index (Phi) is 5.27. The minimum atomic E-state index is -0.743. The maximum atomic E-state index is 12.3. The summed E-state index contributed by atoms with van der Waals surface area (Å²) in [6, 6.07) is 8.54. The normalized spacial score (nSPS) is 18.8. The fourth-order valence-corrected chi connectivity index (χ4v) is 4.91. The monoisotopic (exact) mass is 485 g/mol. The standard InChI is InChI=1S/C22H21Cl2N7O2/c23-13-5-1-3-11(15(13)24)14-16(19(27)32)29-21(30-18(14)26)31-9-6-22(7-10-31)17(25)12-4-2-8-28-20(12)33-22/h1-5,8,17H,6-7,9-10,25H2,(H2,27,32)(H2,26,29,30). The van der Waals surface area contributed by atoms with Gasteiger partial charge in [-0.2, -0.15) is 4.98 Å². The van der Waals surface area contributed by atoms with Crippen LogP contribution in [0.2, 0.25) is 10.0 Å². The Hall–Kier alpha value is -3.14. The number of fused-ring (bicyclic) bond motifs is 1. The first-order valence-corrected chi connectivity index (χ1v) is 11.1. The number of rotatable bonds is 3. The fourth-order valence-electron chi connectivity index (χ4n) is 4.51. The van der Waals surface area contributed by atoms with E-state index < -0.39 is 11.5 Å². The Morgan fingerprint density at radius 2 is 1.91 bits per heavy atom. The lowest BCUT2D eigenvalue weighted by Crippen LogP contribution is -2.52. The maximum Gasteiger partial charge on any atom is 0.268 e. The number of piperidine rings is 1. The van der Waals surface area contributed by atoms with Crippen molar-refractivity contribution in [3.8, 4) is 17.0 Å². The number of nitrogen functional groups attached to an aromatic ring is 1. The van der Waals surface area contributed by atoms with Crippen molar-refractivity contribution in [1.29, 1.82) is 0 Å². The quantitative estimate of drug-likeness (QED) is 0.512. The van der Waals surface area contributed by atoms with Gasteiger partial charge in [0.2, 0.25) is 11.8 Å². The number of ether oxygens (including phenoxy) is 1. The average molecular weight is 486 g/mol. The number of carbonyl (C=O) groups excluding carboxylic acids is 1. The molecule has 0 aliphatic carbocycles. The van der Waals surface area contributed by atoms with E-state index in [-0.39, 0.29) is 28.1 Å². The van der Waals surface area contributed by atoms with Crippen LogP contribution in [0.4, 0.5) is 11.8 Å². The molecule has 170 valence electrons. The molecule has 9 nitrogen and oxygen atoms in total. The Bertz CT molecular complexity index is 1260. The number of amides is 1. The zero-order chi connectivity index (χ0) is 23.3. The van der Waals surface area contributed by atoms with Crippen molar-refractivity contribution in [2.45, 2.75) is 24.5 Å². The molecule has 1 amide bonds. The molecule has 1 atom stereocenters. The summed E-state index contributed by atoms with van der Waals surface area (Å²) in [5.74, 6) is 0.231. The van der Waals surface area contributed by atoms with E-state index in [1.807, 2.05) is 17.0 Å². The molecule has 0 saturated carbocycles. The zero-order valence-electron chi connectivity index (χ0n) is 17.5. The van der Waals surface area contributed by atoms with Crippen molar-refractivity contribution in [2.75, 3.05) is 23.7 Å². The second-order valence-corrected chi connectivity index (χ2v) is 8.91. The van der Waals surface area contributed by atoms with Crippen LogP contribution >= 0.6 is 23.2 Å². The van der Waals surface area contributed by atoms with Gasteiger partial charge in [0.05, 0.1) is 21.7 Å². The molecular formula is C22H21Cl2N7O2. The lowest BCUT2D eigenvalue weighted by atomic mass is 9.83. The van der Waals surface area contributed by atoms with Gasteiger partial charge in [-0.3, -0.25) is 4.79 Å². The van der Waals surface area contributed by atoms with Crippen LogP contribution in [0.25, 0.3) is 11.1 Å². The van der Waals surface area contributed by atoms with Crippen LogP contribution in [-0.2, 0) is 0 Å². The molecular weight excluding hydrogens is 465 g/mol. The first kappa shape index (κ1) is 21.7. The minimum absolute atomic E-state index is 0.0209. The maximum absolute atomic E-state index is 12.3. The van der Waals surface area contributed by atoms with Crippen LogP contribution in [-0.4, -0.2) is 39.5 Å². The summed E-state index contributed by atoms with van der Waals surface area (Å²) in [7, 11) is 0. The molecule has 11 heteroatoms. The number of anilines is 2. The van der Waals surface area contributed by atoms with Gasteiger partial charge in [-0.1, -0.05) is 41.4 Å². The van der Waals surface area contributed by atoms with Gasteiger partial charge in [-0.15, -0.1) is 0 Å². The number of nitrogens with two attached hydrogens (primary N) is 3. The predicted molar refractivity (Wildman–Crippen MR) is 126 cm³/mol. The molecule has 33 heavy (non-hydrogen) atoms. The molecule has 6 N–H and O–H groups in total. The van der Waals surface area contributed by atoms with Crippen LogP contribution in [0.5, 0.6) is 5.88 Å². The predicted octanol–water partition coefficient (Wildman–Crippen LogP) is 2.96. The van der Waals surface area contributed by atoms with Gasteiger partial charge in [0, 0.05) is 43.3 Å². The topological polar surface area (TPSA) is 146 Å². The van der Waals surface area contributed by atoms with Gasteiger partial charge in [-0.05, 0) is 12.1 Å². The Morgan fingerprint density at radius 1 is 1.15 bits per heavy atom. The second kappa shape index (κ2) is 8.02. The number of halogens is 2. The largest absolute Gasteiger partial charge is 0.469 e. The minimum Gasteiger partial charge on any atom is -0.469 e. The molecule has 1 aromatic carbocycles. The molecule has 1 saturated heterocycles. The van der Waals surface area contributed by atoms with Crippen LogP contribution < -0.4 is 26.8 Å². The molecule has 2 aromatic heterocycles.